The minimum atomic E-state index is 0.534. The minimum absolute atomic E-state index is 0.534. The Morgan fingerprint density at radius 3 is 1.13 bits per heavy atom. The Bertz CT molecular complexity index is 1290. The van der Waals surface area contributed by atoms with E-state index in [1.807, 2.05) is 32.0 Å². The maximum atomic E-state index is 5.21. The molecule has 0 amide bonds. The zero-order chi connectivity index (χ0) is 51.6. The van der Waals surface area contributed by atoms with Crippen LogP contribution in [0, 0.1) is 6.92 Å². The molecule has 5 saturated heterocycles. The molecule has 402 valence electrons. The summed E-state index contributed by atoms with van der Waals surface area (Å²) in [6.07, 6.45) is 16.6. The second kappa shape index (κ2) is 39.6. The largest absolute Gasteiger partial charge is 0.379 e. The number of aryl methyl sites for hydroxylation is 1. The summed E-state index contributed by atoms with van der Waals surface area (Å²) in [5.41, 5.74) is 1.09. The van der Waals surface area contributed by atoms with Gasteiger partial charge in [-0.1, -0.05) is 6.42 Å². The number of hydrogen-bond donors (Lipinski definition) is 1. The maximum Gasteiger partial charge on any atom is 0.0951 e. The number of nitrogens with one attached hydrogen (secondary N) is 1. The number of nitrogens with zero attached hydrogens (tertiary/aromatic N) is 11. The molecule has 5 aliphatic rings. The molecule has 2 aromatic rings. The van der Waals surface area contributed by atoms with Crippen LogP contribution < -0.4 is 5.32 Å². The summed E-state index contributed by atoms with van der Waals surface area (Å²) in [5, 5.41) is 3.33. The van der Waals surface area contributed by atoms with Gasteiger partial charge in [-0.2, -0.15) is 0 Å². The van der Waals surface area contributed by atoms with Gasteiger partial charge in [0.25, 0.3) is 0 Å². The third kappa shape index (κ3) is 33.6. The van der Waals surface area contributed by atoms with E-state index in [4.69, 9.17) is 4.74 Å². The highest BCUT2D eigenvalue weighted by atomic mass is 16.5. The third-order valence-corrected chi connectivity index (χ3v) is 13.4. The van der Waals surface area contributed by atoms with E-state index in [-0.39, 0.29) is 0 Å². The van der Waals surface area contributed by atoms with Gasteiger partial charge >= 0.3 is 0 Å². The van der Waals surface area contributed by atoms with Crippen molar-refractivity contribution in [2.24, 2.45) is 0 Å². The van der Waals surface area contributed by atoms with Crippen molar-refractivity contribution in [3.8, 4) is 0 Å². The van der Waals surface area contributed by atoms with Crippen LogP contribution >= 0.6 is 0 Å². The minimum Gasteiger partial charge on any atom is -0.379 e. The second-order valence-electron chi connectivity index (χ2n) is 21.8. The van der Waals surface area contributed by atoms with Crippen LogP contribution in [0.15, 0.2) is 31.2 Å². The molecule has 13 nitrogen and oxygen atoms in total. The molecule has 0 aliphatic carbocycles. The Kier molecular flexibility index (Phi) is 38.5. The fraction of sp³-hybridized carbons (Fsp3) is 0.891. The summed E-state index contributed by atoms with van der Waals surface area (Å²) in [4.78, 5) is 25.1. The second-order valence-corrected chi connectivity index (χ2v) is 21.8. The highest BCUT2D eigenvalue weighted by Gasteiger charge is 2.16. The molecule has 68 heavy (non-hydrogen) atoms. The van der Waals surface area contributed by atoms with Gasteiger partial charge in [-0.3, -0.25) is 14.7 Å². The number of aromatic nitrogens is 4. The first-order valence-electron chi connectivity index (χ1n) is 27.4. The predicted octanol–water partition coefficient (Wildman–Crippen LogP) is 9.23. The molecular weight excluding hydrogens is 845 g/mol. The number of rotatable bonds is 8. The first-order valence-corrected chi connectivity index (χ1v) is 27.4. The summed E-state index contributed by atoms with van der Waals surface area (Å²) in [6, 6.07) is 5.45. The van der Waals surface area contributed by atoms with Crippen molar-refractivity contribution in [1.29, 1.82) is 0 Å². The molecule has 13 heteroatoms. The van der Waals surface area contributed by atoms with Crippen molar-refractivity contribution >= 4 is 0 Å². The van der Waals surface area contributed by atoms with Crippen LogP contribution in [0.25, 0.3) is 0 Å². The molecule has 1 N–H and O–H groups in total. The standard InChI is InChI=1S/C8H18N2.C8H17N.C7H12N2.C7H16N2.C7H15NO.C7H15N.C6H10N2.C5H13N/c1-8(2)10-6-4-9(3)5-7-10;1-8(2)9-6-4-3-5-7-9;1-6(2)9-4-7(3)8-5-9;1-7(2)9-5-3-8-4-6-9;1-7(2)8-3-5-9-6-4-8;1-7(2)8-5-3-4-6-8;1-6(2)8-4-3-7-5-8;1-5(2)6(3)4/h8H,4-7H2,1-3H3;8H,3-7H2,1-2H3;4-6H,1-3H3;7-8H,3-6H2,1-2H3;7H,3-6H2,1-2H3;7H,3-6H2,1-2H3;3-6H,1-2H3;5H,1-4H3. The van der Waals surface area contributed by atoms with Crippen molar-refractivity contribution < 1.29 is 4.74 Å². The van der Waals surface area contributed by atoms with E-state index in [9.17, 15) is 0 Å². The van der Waals surface area contributed by atoms with Gasteiger partial charge < -0.3 is 38.8 Å². The van der Waals surface area contributed by atoms with Crippen LogP contribution in [0.2, 0.25) is 0 Å². The van der Waals surface area contributed by atoms with Gasteiger partial charge in [0.2, 0.25) is 0 Å². The number of imidazole rings is 2. The average Bonchev–Trinajstić information content (AvgIpc) is 4.14. The highest BCUT2D eigenvalue weighted by Crippen LogP contribution is 2.12. The van der Waals surface area contributed by atoms with Gasteiger partial charge in [0.15, 0.2) is 0 Å². The number of likely N-dealkylation sites (tertiary alicyclic amines) is 2. The Hall–Kier alpha value is -1.94. The van der Waals surface area contributed by atoms with Crippen LogP contribution in [0.3, 0.4) is 0 Å². The van der Waals surface area contributed by atoms with Gasteiger partial charge in [0.05, 0.1) is 31.6 Å². The smallest absolute Gasteiger partial charge is 0.0951 e. The van der Waals surface area contributed by atoms with Crippen LogP contribution in [0.1, 0.15) is 161 Å². The van der Waals surface area contributed by atoms with Gasteiger partial charge in [-0.15, -0.1) is 0 Å². The molecule has 0 radical (unpaired) electrons. The quantitative estimate of drug-likeness (QED) is 0.275. The van der Waals surface area contributed by atoms with Crippen LogP contribution in [0.4, 0.5) is 0 Å². The molecule has 0 bridgehead atoms. The van der Waals surface area contributed by atoms with E-state index in [1.165, 1.54) is 97.6 Å². The lowest BCUT2D eigenvalue weighted by Gasteiger charge is -2.34. The van der Waals surface area contributed by atoms with Gasteiger partial charge in [0, 0.05) is 132 Å². The van der Waals surface area contributed by atoms with Crippen LogP contribution in [-0.2, 0) is 4.74 Å². The number of ether oxygens (including phenoxy) is 1. The van der Waals surface area contributed by atoms with Gasteiger partial charge in [-0.05, 0) is 191 Å². The molecule has 5 fully saturated rings. The van der Waals surface area contributed by atoms with E-state index >= 15 is 0 Å². The topological polar surface area (TPSA) is 79.6 Å². The first-order chi connectivity index (χ1) is 32.1. The Labute approximate surface area is 423 Å². The lowest BCUT2D eigenvalue weighted by molar-refractivity contribution is 0.0238. The molecule has 0 aromatic carbocycles. The first kappa shape index (κ1) is 66.1. The molecule has 0 atom stereocenters. The van der Waals surface area contributed by atoms with Crippen LogP contribution in [0.5, 0.6) is 0 Å². The average molecular weight is 962 g/mol. The Morgan fingerprint density at radius 2 is 0.868 bits per heavy atom. The molecule has 7 heterocycles. The monoisotopic (exact) mass is 961 g/mol. The zero-order valence-electron chi connectivity index (χ0n) is 48.7. The fourth-order valence-electron chi connectivity index (χ4n) is 7.62. The lowest BCUT2D eigenvalue weighted by atomic mass is 10.1. The molecule has 0 saturated carbocycles. The van der Waals surface area contributed by atoms with E-state index in [2.05, 4.69) is 191 Å². The van der Waals surface area contributed by atoms with E-state index < -0.39 is 0 Å². The molecule has 7 rings (SSSR count). The molecule has 2 aromatic heterocycles. The van der Waals surface area contributed by atoms with Gasteiger partial charge in [-0.25, -0.2) is 9.97 Å². The molecular formula is C55H116N12O. The number of piperazine rings is 2. The SMILES string of the molecule is CC(C)N(C)C.CC(C)N1CCCC1.CC(C)N1CCCCC1.CC(C)N1CCN(C)CC1.CC(C)N1CCNCC1.CC(C)N1CCOCC1.CC(C)n1ccnc1.Cc1cn(C(C)C)cn1. The van der Waals surface area contributed by atoms with Crippen molar-refractivity contribution in [1.82, 2.24) is 58.7 Å². The molecule has 5 aliphatic heterocycles. The lowest BCUT2D eigenvalue weighted by Crippen LogP contribution is -2.47. The van der Waals surface area contributed by atoms with E-state index in [0.717, 1.165) is 69.3 Å². The normalized spacial score (nSPS) is 19.0. The van der Waals surface area contributed by atoms with Crippen molar-refractivity contribution in [3.05, 3.63) is 36.9 Å². The summed E-state index contributed by atoms with van der Waals surface area (Å²) < 4.78 is 9.36. The highest BCUT2D eigenvalue weighted by molar-refractivity contribution is 4.93. The summed E-state index contributed by atoms with van der Waals surface area (Å²) in [5.74, 6) is 0. The molecule has 0 spiro atoms. The zero-order valence-corrected chi connectivity index (χ0v) is 48.7. The Balaban J connectivity index is 0.000000757. The van der Waals surface area contributed by atoms with Crippen molar-refractivity contribution in [2.75, 3.05) is 126 Å². The van der Waals surface area contributed by atoms with E-state index in [0.29, 0.717) is 24.2 Å². The predicted molar refractivity (Wildman–Crippen MR) is 297 cm³/mol. The third-order valence-electron chi connectivity index (χ3n) is 13.4. The number of morpholine rings is 1. The summed E-state index contributed by atoms with van der Waals surface area (Å²) in [7, 11) is 6.34. The van der Waals surface area contributed by atoms with E-state index in [1.54, 1.807) is 6.20 Å². The summed E-state index contributed by atoms with van der Waals surface area (Å²) >= 11 is 0. The molecule has 0 unspecified atom stereocenters. The fourth-order valence-corrected chi connectivity index (χ4v) is 7.62. The number of likely N-dealkylation sites (N-methyl/N-ethyl adjacent to an activating group) is 1. The number of piperidine rings is 1. The number of hydrogen-bond acceptors (Lipinski definition) is 11. The van der Waals surface area contributed by atoms with Crippen molar-refractivity contribution in [2.45, 2.75) is 198 Å². The van der Waals surface area contributed by atoms with Gasteiger partial charge in [0.1, 0.15) is 0 Å². The van der Waals surface area contributed by atoms with Crippen LogP contribution in [-0.4, -0.2) is 216 Å². The maximum absolute atomic E-state index is 5.21. The van der Waals surface area contributed by atoms with Crippen molar-refractivity contribution in [3.63, 3.8) is 0 Å². The summed E-state index contributed by atoms with van der Waals surface area (Å²) in [6.45, 7) is 56.6. The Morgan fingerprint density at radius 1 is 0.485 bits per heavy atom.